The van der Waals surface area contributed by atoms with Gasteiger partial charge in [0.05, 0.1) is 7.11 Å². The first kappa shape index (κ1) is 20.6. The Morgan fingerprint density at radius 2 is 1.76 bits per heavy atom. The van der Waals surface area contributed by atoms with Crippen LogP contribution >= 0.6 is 0 Å². The summed E-state index contributed by atoms with van der Waals surface area (Å²) in [6, 6.07) is 15.0. The maximum Gasteiger partial charge on any atom is 0.267 e. The molecule has 2 amide bonds. The van der Waals surface area contributed by atoms with Crippen LogP contribution in [-0.4, -0.2) is 60.1 Å². The summed E-state index contributed by atoms with van der Waals surface area (Å²) in [6.07, 6.45) is 2.79. The third-order valence-corrected chi connectivity index (χ3v) is 4.94. The monoisotopic (exact) mass is 395 g/mol. The first-order valence-corrected chi connectivity index (χ1v) is 9.46. The van der Waals surface area contributed by atoms with E-state index in [4.69, 9.17) is 9.94 Å². The van der Waals surface area contributed by atoms with E-state index in [-0.39, 0.29) is 5.91 Å². The Labute approximate surface area is 170 Å². The van der Waals surface area contributed by atoms with Crippen LogP contribution in [0.3, 0.4) is 0 Å². The SMILES string of the molecule is COc1ccccc1CN1CCN(C(=O)c2ccc(/C=C/C(=O)NO)cc2)CC1. The van der Waals surface area contributed by atoms with Gasteiger partial charge in [0, 0.05) is 49.9 Å². The zero-order valence-corrected chi connectivity index (χ0v) is 16.4. The second-order valence-electron chi connectivity index (χ2n) is 6.81. The highest BCUT2D eigenvalue weighted by molar-refractivity contribution is 5.95. The smallest absolute Gasteiger partial charge is 0.267 e. The van der Waals surface area contributed by atoms with Gasteiger partial charge in [0.25, 0.3) is 11.8 Å². The summed E-state index contributed by atoms with van der Waals surface area (Å²) in [5.41, 5.74) is 4.07. The molecule has 7 nitrogen and oxygen atoms in total. The van der Waals surface area contributed by atoms with Gasteiger partial charge in [0.2, 0.25) is 0 Å². The van der Waals surface area contributed by atoms with Crippen molar-refractivity contribution in [2.24, 2.45) is 0 Å². The van der Waals surface area contributed by atoms with E-state index >= 15 is 0 Å². The van der Waals surface area contributed by atoms with Gasteiger partial charge in [-0.05, 0) is 29.8 Å². The number of nitrogens with zero attached hydrogens (tertiary/aromatic N) is 2. The Morgan fingerprint density at radius 1 is 1.07 bits per heavy atom. The Bertz CT molecular complexity index is 872. The molecule has 1 aliphatic rings. The number of para-hydroxylation sites is 1. The first-order chi connectivity index (χ1) is 14.1. The minimum absolute atomic E-state index is 0.00516. The van der Waals surface area contributed by atoms with Gasteiger partial charge < -0.3 is 9.64 Å². The van der Waals surface area contributed by atoms with Gasteiger partial charge in [-0.2, -0.15) is 0 Å². The molecule has 7 heteroatoms. The van der Waals surface area contributed by atoms with Gasteiger partial charge in [-0.1, -0.05) is 30.3 Å². The first-order valence-electron chi connectivity index (χ1n) is 9.46. The van der Waals surface area contributed by atoms with E-state index < -0.39 is 5.91 Å². The lowest BCUT2D eigenvalue weighted by Gasteiger charge is -2.35. The Morgan fingerprint density at radius 3 is 2.41 bits per heavy atom. The number of amides is 2. The van der Waals surface area contributed by atoms with Crippen LogP contribution in [0.4, 0.5) is 0 Å². The summed E-state index contributed by atoms with van der Waals surface area (Å²) in [4.78, 5) is 28.0. The maximum atomic E-state index is 12.8. The number of rotatable bonds is 6. The highest BCUT2D eigenvalue weighted by atomic mass is 16.5. The molecule has 0 saturated carbocycles. The molecule has 0 atom stereocenters. The van der Waals surface area contributed by atoms with Crippen molar-refractivity contribution in [1.82, 2.24) is 15.3 Å². The van der Waals surface area contributed by atoms with E-state index in [0.29, 0.717) is 18.7 Å². The molecule has 0 aliphatic carbocycles. The van der Waals surface area contributed by atoms with Crippen molar-refractivity contribution in [1.29, 1.82) is 0 Å². The van der Waals surface area contributed by atoms with Crippen molar-refractivity contribution in [2.75, 3.05) is 33.3 Å². The quantitative estimate of drug-likeness (QED) is 0.445. The number of ether oxygens (including phenoxy) is 1. The van der Waals surface area contributed by atoms with Crippen LogP contribution < -0.4 is 10.2 Å². The van der Waals surface area contributed by atoms with Crippen LogP contribution in [0.1, 0.15) is 21.5 Å². The number of nitrogens with one attached hydrogen (secondary N) is 1. The average molecular weight is 395 g/mol. The molecule has 1 aliphatic heterocycles. The third kappa shape index (κ3) is 5.43. The molecule has 2 aromatic rings. The maximum absolute atomic E-state index is 12.8. The lowest BCUT2D eigenvalue weighted by Crippen LogP contribution is -2.48. The summed E-state index contributed by atoms with van der Waals surface area (Å²) in [7, 11) is 1.68. The number of hydrogen-bond acceptors (Lipinski definition) is 5. The largest absolute Gasteiger partial charge is 0.496 e. The fourth-order valence-corrected chi connectivity index (χ4v) is 3.31. The molecule has 1 heterocycles. The molecule has 3 rings (SSSR count). The summed E-state index contributed by atoms with van der Waals surface area (Å²) in [5, 5.41) is 8.49. The Balaban J connectivity index is 1.54. The van der Waals surface area contributed by atoms with Crippen LogP contribution in [0.2, 0.25) is 0 Å². The molecule has 0 aromatic heterocycles. The van der Waals surface area contributed by atoms with Crippen LogP contribution in [0.25, 0.3) is 6.08 Å². The Kier molecular flexibility index (Phi) is 6.99. The van der Waals surface area contributed by atoms with Gasteiger partial charge in [-0.3, -0.25) is 19.7 Å². The second-order valence-corrected chi connectivity index (χ2v) is 6.81. The van der Waals surface area contributed by atoms with Crippen LogP contribution in [-0.2, 0) is 11.3 Å². The van der Waals surface area contributed by atoms with Gasteiger partial charge in [0.1, 0.15) is 5.75 Å². The topological polar surface area (TPSA) is 82.1 Å². The van der Waals surface area contributed by atoms with E-state index in [1.807, 2.05) is 23.1 Å². The van der Waals surface area contributed by atoms with Crippen LogP contribution in [0, 0.1) is 0 Å². The van der Waals surface area contributed by atoms with Gasteiger partial charge in [0.15, 0.2) is 0 Å². The summed E-state index contributed by atoms with van der Waals surface area (Å²) >= 11 is 0. The zero-order chi connectivity index (χ0) is 20.6. The predicted octanol–water partition coefficient (Wildman–Crippen LogP) is 2.17. The average Bonchev–Trinajstić information content (AvgIpc) is 2.78. The normalized spacial score (nSPS) is 14.8. The molecule has 1 saturated heterocycles. The van der Waals surface area contributed by atoms with E-state index in [9.17, 15) is 9.59 Å². The van der Waals surface area contributed by atoms with E-state index in [1.54, 1.807) is 37.5 Å². The standard InChI is InChI=1S/C22H25N3O4/c1-29-20-5-3-2-4-19(20)16-24-12-14-25(15-13-24)22(27)18-9-6-17(7-10-18)8-11-21(26)23-28/h2-11,28H,12-16H2,1H3,(H,23,26)/b11-8+. The third-order valence-electron chi connectivity index (χ3n) is 4.94. The molecular weight excluding hydrogens is 370 g/mol. The molecule has 0 radical (unpaired) electrons. The zero-order valence-electron chi connectivity index (χ0n) is 16.4. The van der Waals surface area contributed by atoms with Crippen molar-refractivity contribution >= 4 is 17.9 Å². The van der Waals surface area contributed by atoms with Gasteiger partial charge >= 0.3 is 0 Å². The van der Waals surface area contributed by atoms with Crippen LogP contribution in [0.15, 0.2) is 54.6 Å². The van der Waals surface area contributed by atoms with Gasteiger partial charge in [-0.15, -0.1) is 0 Å². The molecule has 29 heavy (non-hydrogen) atoms. The lowest BCUT2D eigenvalue weighted by atomic mass is 10.1. The minimum Gasteiger partial charge on any atom is -0.496 e. The molecule has 0 spiro atoms. The number of carbonyl (C=O) groups is 2. The van der Waals surface area contributed by atoms with Crippen LogP contribution in [0.5, 0.6) is 5.75 Å². The van der Waals surface area contributed by atoms with Crippen molar-refractivity contribution in [2.45, 2.75) is 6.54 Å². The Hall–Kier alpha value is -3.16. The highest BCUT2D eigenvalue weighted by Crippen LogP contribution is 2.20. The summed E-state index contributed by atoms with van der Waals surface area (Å²) < 4.78 is 5.42. The number of benzene rings is 2. The highest BCUT2D eigenvalue weighted by Gasteiger charge is 2.22. The van der Waals surface area contributed by atoms with E-state index in [2.05, 4.69) is 11.0 Å². The minimum atomic E-state index is -0.601. The number of methoxy groups -OCH3 is 1. The molecule has 152 valence electrons. The van der Waals surface area contributed by atoms with Crippen molar-refractivity contribution in [3.05, 3.63) is 71.3 Å². The van der Waals surface area contributed by atoms with Crippen molar-refractivity contribution < 1.29 is 19.5 Å². The predicted molar refractivity (Wildman–Crippen MR) is 110 cm³/mol. The molecular formula is C22H25N3O4. The van der Waals surface area contributed by atoms with Gasteiger partial charge in [-0.25, -0.2) is 5.48 Å². The number of hydrogen-bond donors (Lipinski definition) is 2. The number of carbonyl (C=O) groups excluding carboxylic acids is 2. The number of piperazine rings is 1. The van der Waals surface area contributed by atoms with E-state index in [1.165, 1.54) is 11.6 Å². The van der Waals surface area contributed by atoms with E-state index in [0.717, 1.165) is 36.5 Å². The fraction of sp³-hybridized carbons (Fsp3) is 0.273. The van der Waals surface area contributed by atoms with Crippen molar-refractivity contribution in [3.8, 4) is 5.75 Å². The molecule has 0 unspecified atom stereocenters. The molecule has 0 bridgehead atoms. The van der Waals surface area contributed by atoms with Crippen molar-refractivity contribution in [3.63, 3.8) is 0 Å². The molecule has 2 aromatic carbocycles. The number of hydroxylamine groups is 1. The lowest BCUT2D eigenvalue weighted by molar-refractivity contribution is -0.124. The fourth-order valence-electron chi connectivity index (χ4n) is 3.31. The summed E-state index contributed by atoms with van der Waals surface area (Å²) in [6.45, 7) is 3.76. The molecule has 1 fully saturated rings. The molecule has 2 N–H and O–H groups in total. The second kappa shape index (κ2) is 9.86. The summed E-state index contributed by atoms with van der Waals surface area (Å²) in [5.74, 6) is 0.290.